The number of nitrogens with zero attached hydrogens (tertiary/aromatic N) is 4. The van der Waals surface area contributed by atoms with Gasteiger partial charge in [-0.3, -0.25) is 0 Å². The first kappa shape index (κ1) is 14.6. The van der Waals surface area contributed by atoms with E-state index >= 15 is 0 Å². The highest BCUT2D eigenvalue weighted by molar-refractivity contribution is 6.30. The summed E-state index contributed by atoms with van der Waals surface area (Å²) in [5, 5.41) is 0.344. The second-order valence-electron chi connectivity index (χ2n) is 4.37. The molecule has 0 aromatic carbocycles. The second kappa shape index (κ2) is 5.45. The topological polar surface area (TPSA) is 56.7 Å². The zero-order valence-electron chi connectivity index (χ0n) is 10.9. The third-order valence-electron chi connectivity index (χ3n) is 2.79. The van der Waals surface area contributed by atoms with Crippen molar-refractivity contribution in [3.05, 3.63) is 53.5 Å². The standard InChI is InChI=1S/C13H8ClF3N4O/c14-8-4-18-11(19-5-8)7-21-6-10(13(15,16)17)20-12(21)9-2-1-3-22-9/h1-6H,7H2. The molecule has 5 nitrogen and oxygen atoms in total. The first-order chi connectivity index (χ1) is 10.4. The average molecular weight is 329 g/mol. The van der Waals surface area contributed by atoms with Gasteiger partial charge >= 0.3 is 6.18 Å². The molecular formula is C13H8ClF3N4O. The van der Waals surface area contributed by atoms with Gasteiger partial charge < -0.3 is 8.98 Å². The minimum Gasteiger partial charge on any atom is -0.461 e. The molecule has 0 spiro atoms. The van der Waals surface area contributed by atoms with Crippen LogP contribution >= 0.6 is 11.6 Å². The molecule has 3 rings (SSSR count). The molecule has 22 heavy (non-hydrogen) atoms. The van der Waals surface area contributed by atoms with Crippen molar-refractivity contribution in [1.82, 2.24) is 19.5 Å². The Bertz CT molecular complexity index is 766. The van der Waals surface area contributed by atoms with Crippen LogP contribution in [-0.4, -0.2) is 19.5 Å². The minimum atomic E-state index is -4.55. The fourth-order valence-corrected chi connectivity index (χ4v) is 1.95. The van der Waals surface area contributed by atoms with Gasteiger partial charge in [0.05, 0.1) is 17.8 Å². The molecule has 0 aliphatic heterocycles. The van der Waals surface area contributed by atoms with Crippen LogP contribution in [0.4, 0.5) is 13.2 Å². The van der Waals surface area contributed by atoms with Gasteiger partial charge in [-0.15, -0.1) is 0 Å². The van der Waals surface area contributed by atoms with Crippen molar-refractivity contribution in [3.8, 4) is 11.6 Å². The van der Waals surface area contributed by atoms with Crippen molar-refractivity contribution in [2.75, 3.05) is 0 Å². The van der Waals surface area contributed by atoms with E-state index in [9.17, 15) is 13.2 Å². The predicted octanol–water partition coefficient (Wildman–Crippen LogP) is 3.65. The van der Waals surface area contributed by atoms with Gasteiger partial charge in [-0.25, -0.2) is 15.0 Å². The fourth-order valence-electron chi connectivity index (χ4n) is 1.85. The van der Waals surface area contributed by atoms with Crippen LogP contribution in [0.15, 0.2) is 41.4 Å². The number of furan rings is 1. The first-order valence-electron chi connectivity index (χ1n) is 6.08. The summed E-state index contributed by atoms with van der Waals surface area (Å²) in [6, 6.07) is 3.10. The highest BCUT2D eigenvalue weighted by Gasteiger charge is 2.35. The largest absolute Gasteiger partial charge is 0.461 e. The second-order valence-corrected chi connectivity index (χ2v) is 4.81. The lowest BCUT2D eigenvalue weighted by Crippen LogP contribution is -2.06. The van der Waals surface area contributed by atoms with Crippen LogP contribution < -0.4 is 0 Å². The lowest BCUT2D eigenvalue weighted by atomic mass is 10.4. The number of rotatable bonds is 3. The lowest BCUT2D eigenvalue weighted by molar-refractivity contribution is -0.140. The molecule has 9 heteroatoms. The maximum atomic E-state index is 12.9. The van der Waals surface area contributed by atoms with Crippen LogP contribution in [0.1, 0.15) is 11.5 Å². The van der Waals surface area contributed by atoms with Crippen molar-refractivity contribution in [1.29, 1.82) is 0 Å². The molecule has 0 saturated carbocycles. The molecular weight excluding hydrogens is 321 g/mol. The molecule has 3 heterocycles. The van der Waals surface area contributed by atoms with E-state index in [1.165, 1.54) is 29.3 Å². The summed E-state index contributed by atoms with van der Waals surface area (Å²) >= 11 is 5.68. The third-order valence-corrected chi connectivity index (χ3v) is 2.99. The van der Waals surface area contributed by atoms with Crippen LogP contribution in [0.25, 0.3) is 11.6 Å². The van der Waals surface area contributed by atoms with Gasteiger partial charge in [0.2, 0.25) is 0 Å². The van der Waals surface area contributed by atoms with E-state index in [1.54, 1.807) is 6.07 Å². The van der Waals surface area contributed by atoms with E-state index in [4.69, 9.17) is 16.0 Å². The summed E-state index contributed by atoms with van der Waals surface area (Å²) in [4.78, 5) is 11.5. The van der Waals surface area contributed by atoms with Gasteiger partial charge in [0.1, 0.15) is 5.82 Å². The van der Waals surface area contributed by atoms with E-state index in [1.807, 2.05) is 0 Å². The molecule has 3 aromatic rings. The highest BCUT2D eigenvalue weighted by Crippen LogP contribution is 2.31. The number of halogens is 4. The van der Waals surface area contributed by atoms with Gasteiger partial charge in [0, 0.05) is 18.6 Å². The number of aromatic nitrogens is 4. The van der Waals surface area contributed by atoms with Gasteiger partial charge in [-0.2, -0.15) is 13.2 Å². The Labute approximate surface area is 127 Å². The molecule has 0 unspecified atom stereocenters. The van der Waals surface area contributed by atoms with Crippen LogP contribution in [0.5, 0.6) is 0 Å². The number of imidazole rings is 1. The maximum absolute atomic E-state index is 12.9. The van der Waals surface area contributed by atoms with Crippen LogP contribution in [0.3, 0.4) is 0 Å². The van der Waals surface area contributed by atoms with E-state index in [-0.39, 0.29) is 18.1 Å². The Balaban J connectivity index is 2.01. The van der Waals surface area contributed by atoms with Crippen molar-refractivity contribution in [2.24, 2.45) is 0 Å². The quantitative estimate of drug-likeness (QED) is 0.736. The number of hydrogen-bond donors (Lipinski definition) is 0. The van der Waals surface area contributed by atoms with E-state index < -0.39 is 11.9 Å². The van der Waals surface area contributed by atoms with Gasteiger partial charge in [-0.05, 0) is 12.1 Å². The Morgan fingerprint density at radius 2 is 1.95 bits per heavy atom. The van der Waals surface area contributed by atoms with Gasteiger partial charge in [0.25, 0.3) is 0 Å². The van der Waals surface area contributed by atoms with E-state index in [0.717, 1.165) is 6.20 Å². The summed E-state index contributed by atoms with van der Waals surface area (Å²) in [5.41, 5.74) is -1.01. The SMILES string of the molecule is FC(F)(F)c1cn(Cc2ncc(Cl)cn2)c(-c2ccco2)n1. The molecule has 0 atom stereocenters. The molecule has 0 aliphatic rings. The van der Waals surface area contributed by atoms with Gasteiger partial charge in [-0.1, -0.05) is 11.6 Å². The highest BCUT2D eigenvalue weighted by atomic mass is 35.5. The molecule has 0 N–H and O–H groups in total. The molecule has 0 amide bonds. The summed E-state index contributed by atoms with van der Waals surface area (Å²) in [6.07, 6.45) is 0.458. The zero-order chi connectivity index (χ0) is 15.7. The molecule has 0 fully saturated rings. The lowest BCUT2D eigenvalue weighted by Gasteiger charge is -2.04. The normalized spacial score (nSPS) is 11.8. The molecule has 0 bridgehead atoms. The van der Waals surface area contributed by atoms with E-state index in [2.05, 4.69) is 15.0 Å². The van der Waals surface area contributed by atoms with Crippen molar-refractivity contribution in [2.45, 2.75) is 12.7 Å². The molecule has 3 aromatic heterocycles. The molecule has 0 saturated heterocycles. The Kier molecular flexibility index (Phi) is 3.61. The Hall–Kier alpha value is -2.35. The van der Waals surface area contributed by atoms with Crippen molar-refractivity contribution < 1.29 is 17.6 Å². The summed E-state index contributed by atoms with van der Waals surface area (Å²) in [7, 11) is 0. The monoisotopic (exact) mass is 328 g/mol. The minimum absolute atomic E-state index is 0.0102. The average Bonchev–Trinajstić information content (AvgIpc) is 3.09. The summed E-state index contributed by atoms with van der Waals surface area (Å²) < 4.78 is 45.0. The summed E-state index contributed by atoms with van der Waals surface area (Å²) in [5.74, 6) is 0.587. The molecule has 0 aliphatic carbocycles. The first-order valence-corrected chi connectivity index (χ1v) is 6.46. The zero-order valence-corrected chi connectivity index (χ0v) is 11.6. The van der Waals surface area contributed by atoms with Crippen LogP contribution in [-0.2, 0) is 12.7 Å². The number of hydrogen-bond acceptors (Lipinski definition) is 4. The number of alkyl halides is 3. The predicted molar refractivity (Wildman–Crippen MR) is 71.1 cm³/mol. The fraction of sp³-hybridized carbons (Fsp3) is 0.154. The third kappa shape index (κ3) is 2.96. The van der Waals surface area contributed by atoms with Crippen molar-refractivity contribution in [3.63, 3.8) is 0 Å². The molecule has 0 radical (unpaired) electrons. The summed E-state index contributed by atoms with van der Waals surface area (Å²) in [6.45, 7) is 0.0102. The van der Waals surface area contributed by atoms with Gasteiger partial charge in [0.15, 0.2) is 17.3 Å². The van der Waals surface area contributed by atoms with Crippen molar-refractivity contribution >= 4 is 11.6 Å². The Morgan fingerprint density at radius 3 is 2.55 bits per heavy atom. The molecule has 114 valence electrons. The maximum Gasteiger partial charge on any atom is 0.434 e. The Morgan fingerprint density at radius 1 is 1.23 bits per heavy atom. The van der Waals surface area contributed by atoms with Crippen LogP contribution in [0.2, 0.25) is 5.02 Å². The van der Waals surface area contributed by atoms with Crippen LogP contribution in [0, 0.1) is 0 Å². The smallest absolute Gasteiger partial charge is 0.434 e. The van der Waals surface area contributed by atoms with E-state index in [0.29, 0.717) is 10.8 Å².